The molecule has 3 N–H and O–H groups in total. The highest BCUT2D eigenvalue weighted by Crippen LogP contribution is 2.24. The van der Waals surface area contributed by atoms with Crippen LogP contribution in [0.2, 0.25) is 0 Å². The average molecular weight is 265 g/mol. The molecule has 6 heteroatoms. The number of nitrogens with one attached hydrogen (secondary N) is 1. The molecule has 19 heavy (non-hydrogen) atoms. The molecule has 0 aliphatic heterocycles. The van der Waals surface area contributed by atoms with Crippen molar-refractivity contribution in [2.24, 2.45) is 0 Å². The van der Waals surface area contributed by atoms with E-state index in [1.165, 1.54) is 18.2 Å². The minimum atomic E-state index is -1.22. The largest absolute Gasteiger partial charge is 0.507 e. The summed E-state index contributed by atoms with van der Waals surface area (Å²) in [4.78, 5) is 22.3. The Morgan fingerprint density at radius 3 is 2.53 bits per heavy atom. The van der Waals surface area contributed by atoms with Crippen LogP contribution in [0.25, 0.3) is 0 Å². The van der Waals surface area contributed by atoms with Gasteiger partial charge in [-0.1, -0.05) is 0 Å². The van der Waals surface area contributed by atoms with E-state index in [2.05, 4.69) is 5.32 Å². The molecule has 0 spiro atoms. The smallest absolute Gasteiger partial charge is 0.411 e. The molecule has 0 heterocycles. The number of phenols is 1. The zero-order valence-corrected chi connectivity index (χ0v) is 10.3. The molecule has 0 radical (unpaired) electrons. The third-order valence-corrected chi connectivity index (χ3v) is 3.05. The predicted octanol–water partition coefficient (Wildman–Crippen LogP) is 2.58. The van der Waals surface area contributed by atoms with E-state index >= 15 is 0 Å². The van der Waals surface area contributed by atoms with Crippen LogP contribution in [0, 0.1) is 0 Å². The number of rotatable bonds is 3. The van der Waals surface area contributed by atoms with E-state index in [1.807, 2.05) is 0 Å². The summed E-state index contributed by atoms with van der Waals surface area (Å²) in [5.41, 5.74) is 0.0835. The quantitative estimate of drug-likeness (QED) is 0.780. The highest BCUT2D eigenvalue weighted by atomic mass is 16.6. The molecule has 0 unspecified atom stereocenters. The van der Waals surface area contributed by atoms with Crippen LogP contribution in [0.1, 0.15) is 36.0 Å². The first-order valence-corrected chi connectivity index (χ1v) is 6.10. The fourth-order valence-corrected chi connectivity index (χ4v) is 2.10. The van der Waals surface area contributed by atoms with Crippen LogP contribution in [-0.4, -0.2) is 28.4 Å². The van der Waals surface area contributed by atoms with Crippen LogP contribution in [0.5, 0.6) is 5.75 Å². The van der Waals surface area contributed by atoms with E-state index in [-0.39, 0.29) is 11.7 Å². The van der Waals surface area contributed by atoms with E-state index in [1.54, 1.807) is 0 Å². The van der Waals surface area contributed by atoms with Crippen LogP contribution < -0.4 is 5.32 Å². The van der Waals surface area contributed by atoms with Crippen LogP contribution in [0.4, 0.5) is 10.5 Å². The monoisotopic (exact) mass is 265 g/mol. The predicted molar refractivity (Wildman–Crippen MR) is 67.4 cm³/mol. The Kier molecular flexibility index (Phi) is 3.89. The number of carboxylic acid groups (broad SMARTS) is 1. The molecule has 1 aliphatic carbocycles. The van der Waals surface area contributed by atoms with Crippen molar-refractivity contribution >= 4 is 17.7 Å². The van der Waals surface area contributed by atoms with Crippen molar-refractivity contribution < 1.29 is 24.5 Å². The minimum Gasteiger partial charge on any atom is -0.507 e. The van der Waals surface area contributed by atoms with E-state index in [0.29, 0.717) is 5.69 Å². The highest BCUT2D eigenvalue weighted by Gasteiger charge is 2.19. The van der Waals surface area contributed by atoms with Gasteiger partial charge in [-0.3, -0.25) is 5.32 Å². The lowest BCUT2D eigenvalue weighted by molar-refractivity contribution is 0.0693. The van der Waals surface area contributed by atoms with Gasteiger partial charge in [0.15, 0.2) is 0 Å². The normalized spacial score (nSPS) is 15.2. The Hall–Kier alpha value is -2.24. The number of hydrogen-bond acceptors (Lipinski definition) is 4. The molecule has 0 saturated heterocycles. The fraction of sp³-hybridized carbons (Fsp3) is 0.385. The van der Waals surface area contributed by atoms with Gasteiger partial charge in [0, 0.05) is 11.8 Å². The van der Waals surface area contributed by atoms with Gasteiger partial charge in [-0.25, -0.2) is 9.59 Å². The van der Waals surface area contributed by atoms with Crippen LogP contribution >= 0.6 is 0 Å². The summed E-state index contributed by atoms with van der Waals surface area (Å²) < 4.78 is 5.18. The summed E-state index contributed by atoms with van der Waals surface area (Å²) >= 11 is 0. The van der Waals surface area contributed by atoms with Gasteiger partial charge in [-0.2, -0.15) is 0 Å². The first kappa shape index (κ1) is 13.2. The van der Waals surface area contributed by atoms with E-state index in [4.69, 9.17) is 9.84 Å². The molecule has 1 aromatic rings. The van der Waals surface area contributed by atoms with Crippen molar-refractivity contribution in [1.82, 2.24) is 0 Å². The number of carbonyl (C=O) groups is 2. The summed E-state index contributed by atoms with van der Waals surface area (Å²) in [6.45, 7) is 0. The molecular formula is C13H15NO5. The fourth-order valence-electron chi connectivity index (χ4n) is 2.10. The molecule has 0 bridgehead atoms. The highest BCUT2D eigenvalue weighted by molar-refractivity contribution is 5.92. The van der Waals surface area contributed by atoms with Gasteiger partial charge >= 0.3 is 12.1 Å². The van der Waals surface area contributed by atoms with E-state index < -0.39 is 17.8 Å². The zero-order valence-electron chi connectivity index (χ0n) is 10.3. The first-order chi connectivity index (χ1) is 9.06. The molecule has 6 nitrogen and oxygen atoms in total. The number of benzene rings is 1. The maximum atomic E-state index is 11.6. The summed E-state index contributed by atoms with van der Waals surface area (Å²) in [6, 6.07) is 3.81. The number of amides is 1. The molecular weight excluding hydrogens is 250 g/mol. The van der Waals surface area contributed by atoms with Gasteiger partial charge in [0.05, 0.1) is 0 Å². The van der Waals surface area contributed by atoms with Gasteiger partial charge in [-0.15, -0.1) is 0 Å². The molecule has 2 rings (SSSR count). The number of carboxylic acids is 1. The second kappa shape index (κ2) is 5.60. The Labute approximate surface area is 110 Å². The number of aromatic carboxylic acids is 1. The number of hydrogen-bond donors (Lipinski definition) is 3. The summed E-state index contributed by atoms with van der Waals surface area (Å²) in [5, 5.41) is 20.7. The van der Waals surface area contributed by atoms with Gasteiger partial charge in [-0.05, 0) is 37.8 Å². The standard InChI is InChI=1S/C13H15NO5/c15-11-7-8(5-6-10(11)12(16)17)14-13(18)19-9-3-1-2-4-9/h5-7,9,15H,1-4H2,(H,14,18)(H,16,17). The van der Waals surface area contributed by atoms with Crippen molar-refractivity contribution in [2.45, 2.75) is 31.8 Å². The van der Waals surface area contributed by atoms with E-state index in [9.17, 15) is 14.7 Å². The number of ether oxygens (including phenoxy) is 1. The maximum Gasteiger partial charge on any atom is 0.411 e. The first-order valence-electron chi connectivity index (χ1n) is 6.10. The molecule has 102 valence electrons. The Morgan fingerprint density at radius 1 is 1.26 bits per heavy atom. The van der Waals surface area contributed by atoms with Crippen molar-refractivity contribution in [3.63, 3.8) is 0 Å². The van der Waals surface area contributed by atoms with Gasteiger partial charge in [0.1, 0.15) is 17.4 Å². The Bertz CT molecular complexity index is 494. The molecule has 1 aliphatic rings. The molecule has 0 aromatic heterocycles. The van der Waals surface area contributed by atoms with Gasteiger partial charge < -0.3 is 14.9 Å². The Balaban J connectivity index is 1.96. The van der Waals surface area contributed by atoms with Gasteiger partial charge in [0.2, 0.25) is 0 Å². The second-order valence-electron chi connectivity index (χ2n) is 4.47. The van der Waals surface area contributed by atoms with Crippen molar-refractivity contribution in [3.05, 3.63) is 23.8 Å². The van der Waals surface area contributed by atoms with Gasteiger partial charge in [0.25, 0.3) is 0 Å². The summed E-state index contributed by atoms with van der Waals surface area (Å²) in [5.74, 6) is -1.62. The molecule has 1 amide bonds. The lowest BCUT2D eigenvalue weighted by Crippen LogP contribution is -2.20. The third kappa shape index (κ3) is 3.37. The number of carbonyl (C=O) groups excluding carboxylic acids is 1. The molecule has 1 aromatic carbocycles. The lowest BCUT2D eigenvalue weighted by atomic mass is 10.2. The lowest BCUT2D eigenvalue weighted by Gasteiger charge is -2.12. The molecule has 0 atom stereocenters. The van der Waals surface area contributed by atoms with Crippen molar-refractivity contribution in [1.29, 1.82) is 0 Å². The topological polar surface area (TPSA) is 95.9 Å². The molecule has 1 saturated carbocycles. The Morgan fingerprint density at radius 2 is 1.95 bits per heavy atom. The zero-order chi connectivity index (χ0) is 13.8. The second-order valence-corrected chi connectivity index (χ2v) is 4.47. The average Bonchev–Trinajstić information content (AvgIpc) is 2.81. The van der Waals surface area contributed by atoms with E-state index in [0.717, 1.165) is 25.7 Å². The summed E-state index contributed by atoms with van der Waals surface area (Å²) in [7, 11) is 0. The third-order valence-electron chi connectivity index (χ3n) is 3.05. The molecule has 1 fully saturated rings. The van der Waals surface area contributed by atoms with Crippen molar-refractivity contribution in [2.75, 3.05) is 5.32 Å². The number of anilines is 1. The number of aromatic hydroxyl groups is 1. The van der Waals surface area contributed by atoms with Crippen LogP contribution in [0.3, 0.4) is 0 Å². The summed E-state index contributed by atoms with van der Waals surface area (Å²) in [6.07, 6.45) is 3.23. The maximum absolute atomic E-state index is 11.6. The van der Waals surface area contributed by atoms with Crippen LogP contribution in [-0.2, 0) is 4.74 Å². The van der Waals surface area contributed by atoms with Crippen molar-refractivity contribution in [3.8, 4) is 5.75 Å². The minimum absolute atomic E-state index is 0.0492. The SMILES string of the molecule is O=C(Nc1ccc(C(=O)O)c(O)c1)OC1CCCC1. The van der Waals surface area contributed by atoms with Crippen LogP contribution in [0.15, 0.2) is 18.2 Å².